The number of nitrogens with zero attached hydrogens (tertiary/aromatic N) is 3. The molecule has 3 atom stereocenters. The highest BCUT2D eigenvalue weighted by molar-refractivity contribution is 5.64. The van der Waals surface area contributed by atoms with Crippen LogP contribution in [0.3, 0.4) is 0 Å². The van der Waals surface area contributed by atoms with Crippen molar-refractivity contribution in [3.63, 3.8) is 0 Å². The van der Waals surface area contributed by atoms with Gasteiger partial charge in [-0.3, -0.25) is 4.40 Å². The number of fused-ring (bicyclic) bond motifs is 1. The van der Waals surface area contributed by atoms with Crippen molar-refractivity contribution >= 4 is 11.5 Å². The van der Waals surface area contributed by atoms with Crippen LogP contribution >= 0.6 is 0 Å². The Morgan fingerprint density at radius 1 is 1.29 bits per heavy atom. The van der Waals surface area contributed by atoms with Crippen molar-refractivity contribution in [2.45, 2.75) is 30.9 Å². The monoisotopic (exact) mass is 439 g/mol. The quantitative estimate of drug-likeness (QED) is 0.531. The van der Waals surface area contributed by atoms with Gasteiger partial charge >= 0.3 is 6.18 Å². The highest BCUT2D eigenvalue weighted by Gasteiger charge is 2.53. The molecular weight excluding hydrogens is 418 g/mol. The van der Waals surface area contributed by atoms with Gasteiger partial charge in [0.25, 0.3) is 0 Å². The van der Waals surface area contributed by atoms with E-state index in [4.69, 9.17) is 4.74 Å². The summed E-state index contributed by atoms with van der Waals surface area (Å²) in [7, 11) is 1.22. The largest absolute Gasteiger partial charge is 0.496 e. The van der Waals surface area contributed by atoms with E-state index in [1.54, 1.807) is 18.2 Å². The number of pyridine rings is 2. The van der Waals surface area contributed by atoms with Crippen LogP contribution in [0.5, 0.6) is 5.75 Å². The number of aliphatic hydroxyl groups is 1. The number of nitrogens with one attached hydrogen (secondary N) is 2. The summed E-state index contributed by atoms with van der Waals surface area (Å²) in [4.78, 5) is 8.69. The fraction of sp³-hybridized carbons (Fsp3) is 0.400. The molecule has 0 radical (unpaired) electrons. The number of imidazole rings is 1. The molecule has 1 saturated heterocycles. The highest BCUT2D eigenvalue weighted by atomic mass is 19.4. The predicted molar refractivity (Wildman–Crippen MR) is 106 cm³/mol. The van der Waals surface area contributed by atoms with Crippen LogP contribution in [0.1, 0.15) is 12.5 Å². The molecule has 11 heteroatoms. The lowest BCUT2D eigenvalue weighted by molar-refractivity contribution is -0.259. The Morgan fingerprint density at radius 2 is 2.06 bits per heavy atom. The summed E-state index contributed by atoms with van der Waals surface area (Å²) in [5, 5.41) is 16.2. The molecule has 1 fully saturated rings. The molecule has 7 nitrogen and oxygen atoms in total. The van der Waals surface area contributed by atoms with Crippen LogP contribution in [-0.2, 0) is 5.60 Å². The molecule has 0 spiro atoms. The van der Waals surface area contributed by atoms with E-state index in [0.717, 1.165) is 6.20 Å². The smallest absolute Gasteiger partial charge is 0.421 e. The van der Waals surface area contributed by atoms with Crippen molar-refractivity contribution < 1.29 is 27.4 Å². The van der Waals surface area contributed by atoms with Gasteiger partial charge in [0.15, 0.2) is 5.60 Å². The molecule has 3 aromatic heterocycles. The van der Waals surface area contributed by atoms with Crippen molar-refractivity contribution in [1.29, 1.82) is 0 Å². The van der Waals surface area contributed by atoms with E-state index < -0.39 is 29.6 Å². The number of hydrogen-bond acceptors (Lipinski definition) is 6. The summed E-state index contributed by atoms with van der Waals surface area (Å²) in [6.07, 6.45) is -3.37. The Balaban J connectivity index is 1.77. The molecule has 3 aromatic rings. The highest BCUT2D eigenvalue weighted by Crippen LogP contribution is 2.43. The molecule has 3 N–H and O–H groups in total. The fourth-order valence-electron chi connectivity index (χ4n) is 3.52. The van der Waals surface area contributed by atoms with E-state index in [1.807, 2.05) is 0 Å². The second-order valence-corrected chi connectivity index (χ2v) is 7.53. The molecule has 4 heterocycles. The number of halogens is 4. The van der Waals surface area contributed by atoms with Gasteiger partial charge in [0.05, 0.1) is 36.3 Å². The number of anilines is 1. The summed E-state index contributed by atoms with van der Waals surface area (Å²) in [6, 6.07) is 5.94. The van der Waals surface area contributed by atoms with E-state index in [-0.39, 0.29) is 12.3 Å². The van der Waals surface area contributed by atoms with E-state index in [2.05, 4.69) is 20.6 Å². The minimum Gasteiger partial charge on any atom is -0.496 e. The Hall–Kier alpha value is -2.92. The maximum absolute atomic E-state index is 13.9. The predicted octanol–water partition coefficient (Wildman–Crippen LogP) is 2.90. The molecule has 0 unspecified atom stereocenters. The first-order chi connectivity index (χ1) is 14.6. The average Bonchev–Trinajstić information content (AvgIpc) is 3.32. The minimum absolute atomic E-state index is 0.141. The number of rotatable bonds is 5. The van der Waals surface area contributed by atoms with E-state index in [1.165, 1.54) is 23.8 Å². The molecular formula is C20H21F4N5O2. The van der Waals surface area contributed by atoms with Crippen LogP contribution in [-0.4, -0.2) is 58.1 Å². The van der Waals surface area contributed by atoms with Gasteiger partial charge in [0, 0.05) is 25.4 Å². The van der Waals surface area contributed by atoms with E-state index in [0.29, 0.717) is 36.3 Å². The van der Waals surface area contributed by atoms with Gasteiger partial charge in [-0.1, -0.05) is 6.07 Å². The molecule has 0 aromatic carbocycles. The van der Waals surface area contributed by atoms with Crippen molar-refractivity contribution in [2.75, 3.05) is 25.5 Å². The Bertz CT molecular complexity index is 1100. The molecule has 4 rings (SSSR count). The zero-order valence-electron chi connectivity index (χ0n) is 16.7. The first-order valence-electron chi connectivity index (χ1n) is 9.55. The lowest BCUT2D eigenvalue weighted by Gasteiger charge is -2.28. The fourth-order valence-corrected chi connectivity index (χ4v) is 3.52. The lowest BCUT2D eigenvalue weighted by atomic mass is 9.96. The van der Waals surface area contributed by atoms with Crippen LogP contribution in [0.4, 0.5) is 23.4 Å². The normalized spacial score (nSPS) is 21.3. The third kappa shape index (κ3) is 3.79. The molecule has 166 valence electrons. The van der Waals surface area contributed by atoms with Crippen molar-refractivity contribution in [2.24, 2.45) is 0 Å². The summed E-state index contributed by atoms with van der Waals surface area (Å²) >= 11 is 0. The average molecular weight is 439 g/mol. The topological polar surface area (TPSA) is 83.7 Å². The van der Waals surface area contributed by atoms with Crippen LogP contribution in [0.25, 0.3) is 17.0 Å². The maximum atomic E-state index is 13.9. The molecule has 1 aliphatic heterocycles. The first kappa shape index (κ1) is 21.3. The van der Waals surface area contributed by atoms with Gasteiger partial charge in [-0.25, -0.2) is 14.4 Å². The summed E-state index contributed by atoms with van der Waals surface area (Å²) in [5.74, 6) is 0.290. The minimum atomic E-state index is -4.92. The van der Waals surface area contributed by atoms with Crippen LogP contribution < -0.4 is 15.4 Å². The van der Waals surface area contributed by atoms with Gasteiger partial charge in [-0.05, 0) is 19.1 Å². The summed E-state index contributed by atoms with van der Waals surface area (Å²) < 4.78 is 60.8. The number of ether oxygens (including phenoxy) is 1. The summed E-state index contributed by atoms with van der Waals surface area (Å²) in [5.41, 5.74) is -2.46. The molecule has 0 saturated carbocycles. The Morgan fingerprint density at radius 3 is 2.71 bits per heavy atom. The van der Waals surface area contributed by atoms with Crippen LogP contribution in [0.2, 0.25) is 0 Å². The number of alkyl halides is 4. The van der Waals surface area contributed by atoms with Gasteiger partial charge in [-0.15, -0.1) is 0 Å². The van der Waals surface area contributed by atoms with Crippen LogP contribution in [0.15, 0.2) is 36.7 Å². The second kappa shape index (κ2) is 7.65. The molecule has 31 heavy (non-hydrogen) atoms. The van der Waals surface area contributed by atoms with E-state index >= 15 is 0 Å². The number of hydrogen-bond donors (Lipinski definition) is 3. The van der Waals surface area contributed by atoms with Gasteiger partial charge in [-0.2, -0.15) is 13.2 Å². The molecule has 0 amide bonds. The zero-order valence-corrected chi connectivity index (χ0v) is 16.7. The lowest BCUT2D eigenvalue weighted by Crippen LogP contribution is -2.39. The van der Waals surface area contributed by atoms with Gasteiger partial charge in [0.2, 0.25) is 0 Å². The second-order valence-electron chi connectivity index (χ2n) is 7.53. The molecule has 0 aliphatic carbocycles. The number of methoxy groups -OCH3 is 1. The number of aromatic nitrogens is 3. The third-order valence-corrected chi connectivity index (χ3v) is 5.39. The standard InChI is InChI=1S/C20H21F4N5O2/c1-19(30,20(22,23)24)11-10-29-15(9-26-18(29)6-16(11)31-2)13-4-3-5-17(27-13)28-14-8-25-7-12(14)21/h3-6,9-10,12,14,25,30H,7-8H2,1-2H3,(H,27,28)/t12-,14-,19+/m0/s1. The maximum Gasteiger partial charge on any atom is 0.421 e. The van der Waals surface area contributed by atoms with Gasteiger partial charge < -0.3 is 20.5 Å². The Kier molecular flexibility index (Phi) is 5.26. The van der Waals surface area contributed by atoms with Gasteiger partial charge in [0.1, 0.15) is 23.4 Å². The summed E-state index contributed by atoms with van der Waals surface area (Å²) in [6.45, 7) is 1.38. The molecule has 1 aliphatic rings. The third-order valence-electron chi connectivity index (χ3n) is 5.39. The molecule has 0 bridgehead atoms. The van der Waals surface area contributed by atoms with Crippen LogP contribution in [0, 0.1) is 0 Å². The SMILES string of the molecule is COc1cc2ncc(-c3cccc(N[C@H]4CNC[C@@H]4F)n3)n2cc1[C@@](C)(O)C(F)(F)F. The zero-order chi connectivity index (χ0) is 22.4. The Labute approximate surface area is 175 Å². The first-order valence-corrected chi connectivity index (χ1v) is 9.55. The van der Waals surface area contributed by atoms with Crippen molar-refractivity contribution in [1.82, 2.24) is 19.7 Å². The van der Waals surface area contributed by atoms with Crippen molar-refractivity contribution in [3.8, 4) is 17.1 Å². The van der Waals surface area contributed by atoms with Crippen molar-refractivity contribution in [3.05, 3.63) is 42.2 Å². The van der Waals surface area contributed by atoms with E-state index in [9.17, 15) is 22.7 Å².